The SMILES string of the molecule is C.C.C=CC(=O)OCCCCOC(=O)Oc1ccc(C(=O)Oc2ccc(OC(=O)c3ccc(OC(=O)OCCCCOC(=O)C=C)cc3)c(C)c2)cc1.C=CC(=O)OCCCOc1ccc(C(=O)Oc2ccc(OC(=O)c3ccc(OCCCOC(=O)C=C)cc3)c(C)c2)cc1.C=CC(=O)OCOc1ccc(C(=O)Oc2ccc(OC)cc2)cc1. The Balaban J connectivity index is 0.000000397. The van der Waals surface area contributed by atoms with Gasteiger partial charge in [-0.2, -0.15) is 0 Å². The fourth-order valence-corrected chi connectivity index (χ4v) is 9.05. The maximum Gasteiger partial charge on any atom is 0.513 e. The highest BCUT2D eigenvalue weighted by Gasteiger charge is 2.19. The van der Waals surface area contributed by atoms with Crippen molar-refractivity contribution in [2.75, 3.05) is 66.8 Å². The Morgan fingerprint density at radius 1 is 0.258 bits per heavy atom. The van der Waals surface area contributed by atoms with Gasteiger partial charge in [0, 0.05) is 43.2 Å². The van der Waals surface area contributed by atoms with Gasteiger partial charge in [-0.3, -0.25) is 0 Å². The summed E-state index contributed by atoms with van der Waals surface area (Å²) in [7, 11) is 1.56. The molecule has 0 aliphatic rings. The Kier molecular flexibility index (Phi) is 43.7. The van der Waals surface area contributed by atoms with Crippen molar-refractivity contribution < 1.29 is 143 Å². The number of ether oxygens (including phenoxy) is 18. The van der Waals surface area contributed by atoms with Crippen LogP contribution >= 0.6 is 0 Å². The first-order valence-electron chi connectivity index (χ1n) is 36.0. The van der Waals surface area contributed by atoms with Crippen LogP contribution in [0.1, 0.15) is 116 Å². The van der Waals surface area contributed by atoms with Gasteiger partial charge in [0.2, 0.25) is 6.79 Å². The standard InChI is InChI=1S/C37H36O14.C33H32O10.C18H16O6.2CH4/c1-4-32(38)44-20-6-8-22-46-36(42)49-28-14-10-26(11-15-28)34(40)48-30-18-19-31(25(3)24-30)51-35(41)27-12-16-29(17-13-27)50-37(43)47-23-9-7-21-45-33(39)5-2;1-4-30(34)40-20-6-18-38-26-12-8-24(9-13-26)32(36)42-28-16-17-29(23(3)22-28)43-33(37)25-10-14-27(15-11-25)39-19-7-21-41-31(35)5-2;1-3-17(19)23-12-22-15-6-4-13(5-7-15)18(20)24-16-10-8-14(21-2)9-11-16;;/h4-5,10-19,24H,1-2,6-9,20-23H2,3H3;4-5,8-17,22H,1-2,6-7,18-21H2,3H3;3-11H,1,12H2,2H3;2*1H4. The molecule has 0 spiro atoms. The number of esters is 10. The predicted octanol–water partition coefficient (Wildman–Crippen LogP) is 16.2. The average molecular weight is 1650 g/mol. The van der Waals surface area contributed by atoms with E-state index in [0.29, 0.717) is 114 Å². The molecule has 0 aliphatic carbocycles. The van der Waals surface area contributed by atoms with Crippen molar-refractivity contribution >= 4 is 72.0 Å². The fraction of sp³-hybridized carbons (Fsp3) is 0.222. The Morgan fingerprint density at radius 2 is 0.500 bits per heavy atom. The lowest BCUT2D eigenvalue weighted by Crippen LogP contribution is -2.13. The van der Waals surface area contributed by atoms with E-state index in [1.165, 1.54) is 72.8 Å². The van der Waals surface area contributed by atoms with Crippen molar-refractivity contribution in [3.8, 4) is 63.2 Å². The number of aryl methyl sites for hydroxylation is 2. The first-order valence-corrected chi connectivity index (χ1v) is 36.0. The number of unbranched alkanes of at least 4 members (excludes halogenated alkanes) is 2. The summed E-state index contributed by atoms with van der Waals surface area (Å²) >= 11 is 0. The fourth-order valence-electron chi connectivity index (χ4n) is 9.05. The molecule has 0 aromatic heterocycles. The normalized spacial score (nSPS) is 9.89. The number of hydrogen-bond acceptors (Lipinski definition) is 30. The highest BCUT2D eigenvalue weighted by atomic mass is 16.7. The molecule has 0 radical (unpaired) electrons. The summed E-state index contributed by atoms with van der Waals surface area (Å²) in [5.74, 6) is -1.57. The zero-order valence-electron chi connectivity index (χ0n) is 64.6. The van der Waals surface area contributed by atoms with Gasteiger partial charge in [-0.25, -0.2) is 57.5 Å². The van der Waals surface area contributed by atoms with E-state index in [1.807, 2.05) is 0 Å². The Labute approximate surface area is 693 Å². The molecular weight excluding hydrogens is 1560 g/mol. The summed E-state index contributed by atoms with van der Waals surface area (Å²) in [5, 5.41) is 0. The lowest BCUT2D eigenvalue weighted by atomic mass is 10.2. The second kappa shape index (κ2) is 53.9. The molecule has 0 amide bonds. The van der Waals surface area contributed by atoms with Crippen molar-refractivity contribution in [1.82, 2.24) is 0 Å². The second-order valence-corrected chi connectivity index (χ2v) is 23.7. The average Bonchev–Trinajstić information content (AvgIpc) is 0.839. The Bertz CT molecular complexity index is 4740. The van der Waals surface area contributed by atoms with Crippen molar-refractivity contribution in [3.05, 3.63) is 284 Å². The third kappa shape index (κ3) is 36.6. The molecule has 0 aliphatic heterocycles. The molecule has 8 rings (SSSR count). The van der Waals surface area contributed by atoms with Crippen LogP contribution in [0.15, 0.2) is 245 Å². The molecule has 0 unspecified atom stereocenters. The van der Waals surface area contributed by atoms with Gasteiger partial charge in [0.1, 0.15) is 63.2 Å². The quantitative estimate of drug-likeness (QED) is 0.00653. The lowest BCUT2D eigenvalue weighted by molar-refractivity contribution is -0.144. The molecule has 632 valence electrons. The van der Waals surface area contributed by atoms with Gasteiger partial charge in [0.25, 0.3) is 0 Å². The van der Waals surface area contributed by atoms with E-state index < -0.39 is 72.0 Å². The van der Waals surface area contributed by atoms with Gasteiger partial charge in [-0.05, 0) is 233 Å². The van der Waals surface area contributed by atoms with Crippen LogP contribution in [0.2, 0.25) is 0 Å². The molecule has 30 heteroatoms. The van der Waals surface area contributed by atoms with Crippen molar-refractivity contribution in [3.63, 3.8) is 0 Å². The topological polar surface area (TPSA) is 371 Å². The summed E-state index contributed by atoms with van der Waals surface area (Å²) < 4.78 is 92.8. The van der Waals surface area contributed by atoms with Crippen molar-refractivity contribution in [1.29, 1.82) is 0 Å². The summed E-state index contributed by atoms with van der Waals surface area (Å²) in [6.45, 7) is 21.3. The Hall–Kier alpha value is -15.1. The molecule has 0 saturated carbocycles. The maximum atomic E-state index is 12.7. The van der Waals surface area contributed by atoms with E-state index in [9.17, 15) is 57.5 Å². The highest BCUT2D eigenvalue weighted by Crippen LogP contribution is 2.29. The molecule has 0 atom stereocenters. The van der Waals surface area contributed by atoms with Crippen LogP contribution in [0.5, 0.6) is 63.2 Å². The van der Waals surface area contributed by atoms with Gasteiger partial charge in [0.15, 0.2) is 0 Å². The monoisotopic (exact) mass is 1650 g/mol. The zero-order chi connectivity index (χ0) is 85.4. The second-order valence-electron chi connectivity index (χ2n) is 23.7. The van der Waals surface area contributed by atoms with Gasteiger partial charge in [-0.15, -0.1) is 0 Å². The van der Waals surface area contributed by atoms with Crippen LogP contribution in [-0.4, -0.2) is 139 Å². The number of hydrogen-bond donors (Lipinski definition) is 0. The maximum absolute atomic E-state index is 12.7. The van der Waals surface area contributed by atoms with Crippen LogP contribution in [0.3, 0.4) is 0 Å². The van der Waals surface area contributed by atoms with Crippen LogP contribution < -0.4 is 52.1 Å². The van der Waals surface area contributed by atoms with Gasteiger partial charge in [0.05, 0.1) is 87.8 Å². The molecule has 8 aromatic carbocycles. The highest BCUT2D eigenvalue weighted by molar-refractivity contribution is 5.94. The number of methoxy groups -OCH3 is 1. The van der Waals surface area contributed by atoms with E-state index >= 15 is 0 Å². The zero-order valence-corrected chi connectivity index (χ0v) is 64.6. The summed E-state index contributed by atoms with van der Waals surface area (Å²) in [6.07, 6.45) is 6.43. The van der Waals surface area contributed by atoms with Crippen LogP contribution in [0, 0.1) is 13.8 Å². The smallest absolute Gasteiger partial charge is 0.497 e. The third-order valence-electron chi connectivity index (χ3n) is 15.1. The molecule has 8 aromatic rings. The van der Waals surface area contributed by atoms with Crippen LogP contribution in [0.25, 0.3) is 0 Å². The molecule has 0 bridgehead atoms. The summed E-state index contributed by atoms with van der Waals surface area (Å²) in [5.41, 5.74) is 2.48. The number of carbonyl (C=O) groups excluding carboxylic acids is 12. The minimum Gasteiger partial charge on any atom is -0.497 e. The third-order valence-corrected chi connectivity index (χ3v) is 15.1. The van der Waals surface area contributed by atoms with Gasteiger partial charge in [-0.1, -0.05) is 47.7 Å². The molecule has 30 nitrogen and oxygen atoms in total. The minimum atomic E-state index is -0.927. The van der Waals surface area contributed by atoms with E-state index in [1.54, 1.807) is 130 Å². The van der Waals surface area contributed by atoms with Crippen molar-refractivity contribution in [2.45, 2.75) is 67.2 Å². The molecule has 120 heavy (non-hydrogen) atoms. The van der Waals surface area contributed by atoms with E-state index in [-0.39, 0.29) is 101 Å². The van der Waals surface area contributed by atoms with Crippen LogP contribution in [0.4, 0.5) is 9.59 Å². The lowest BCUT2D eigenvalue weighted by Gasteiger charge is -2.11. The minimum absolute atomic E-state index is 0. The molecule has 0 saturated heterocycles. The molecule has 0 fully saturated rings. The number of benzene rings is 8. The molecular formula is C90H92O30. The molecule has 0 N–H and O–H groups in total. The van der Waals surface area contributed by atoms with Crippen molar-refractivity contribution in [2.24, 2.45) is 0 Å². The van der Waals surface area contributed by atoms with E-state index in [0.717, 1.165) is 30.4 Å². The van der Waals surface area contributed by atoms with Crippen LogP contribution in [-0.2, 0) is 57.1 Å². The van der Waals surface area contributed by atoms with E-state index in [4.69, 9.17) is 80.5 Å². The summed E-state index contributed by atoms with van der Waals surface area (Å²) in [4.78, 5) is 141. The molecule has 0 heterocycles. The Morgan fingerprint density at radius 3 is 0.808 bits per heavy atom. The number of rotatable bonds is 41. The van der Waals surface area contributed by atoms with Gasteiger partial charge >= 0.3 is 72.0 Å². The summed E-state index contributed by atoms with van der Waals surface area (Å²) in [6, 6.07) is 46.2. The van der Waals surface area contributed by atoms with E-state index in [2.05, 4.69) is 37.6 Å². The predicted molar refractivity (Wildman–Crippen MR) is 435 cm³/mol. The first kappa shape index (κ1) is 97.3. The largest absolute Gasteiger partial charge is 0.513 e. The first-order chi connectivity index (χ1) is 57.0. The number of carbonyl (C=O) groups is 12. The van der Waals surface area contributed by atoms with Gasteiger partial charge < -0.3 is 85.3 Å².